The van der Waals surface area contributed by atoms with Crippen LogP contribution in [-0.2, 0) is 16.1 Å². The van der Waals surface area contributed by atoms with E-state index in [2.05, 4.69) is 20.9 Å². The van der Waals surface area contributed by atoms with Crippen molar-refractivity contribution in [2.45, 2.75) is 19.9 Å². The largest absolute Gasteiger partial charge is 0.497 e. The van der Waals surface area contributed by atoms with Gasteiger partial charge in [0.05, 0.1) is 20.2 Å². The number of nitrogens with one attached hydrogen (secondary N) is 3. The number of hydrogen-bond donors (Lipinski definition) is 3. The Morgan fingerprint density at radius 3 is 2.47 bits per heavy atom. The van der Waals surface area contributed by atoms with Gasteiger partial charge in [0.1, 0.15) is 11.6 Å². The fraction of sp³-hybridized carbons (Fsp3) is 0.364. The van der Waals surface area contributed by atoms with Gasteiger partial charge in [-0.1, -0.05) is 12.1 Å². The van der Waals surface area contributed by atoms with E-state index >= 15 is 0 Å². The summed E-state index contributed by atoms with van der Waals surface area (Å²) in [6.07, 6.45) is 0.818. The molecule has 0 saturated carbocycles. The molecular formula is C22H29FN4O3. The number of anilines is 1. The minimum Gasteiger partial charge on any atom is -0.497 e. The molecule has 162 valence electrons. The Balaban J connectivity index is 1.89. The summed E-state index contributed by atoms with van der Waals surface area (Å²) in [6, 6.07) is 13.3. The van der Waals surface area contributed by atoms with Gasteiger partial charge in [-0.15, -0.1) is 0 Å². The van der Waals surface area contributed by atoms with Crippen molar-refractivity contribution in [3.63, 3.8) is 0 Å². The summed E-state index contributed by atoms with van der Waals surface area (Å²) < 4.78 is 23.5. The highest BCUT2D eigenvalue weighted by molar-refractivity contribution is 5.94. The molecule has 0 aliphatic carbocycles. The highest BCUT2D eigenvalue weighted by atomic mass is 19.1. The molecular weight excluding hydrogens is 387 g/mol. The van der Waals surface area contributed by atoms with Gasteiger partial charge in [-0.3, -0.25) is 4.79 Å². The zero-order chi connectivity index (χ0) is 21.6. The summed E-state index contributed by atoms with van der Waals surface area (Å²) >= 11 is 0. The van der Waals surface area contributed by atoms with Crippen molar-refractivity contribution in [3.8, 4) is 5.75 Å². The predicted molar refractivity (Wildman–Crippen MR) is 116 cm³/mol. The fourth-order valence-electron chi connectivity index (χ4n) is 2.50. The normalized spacial score (nSPS) is 11.1. The average molecular weight is 416 g/mol. The summed E-state index contributed by atoms with van der Waals surface area (Å²) in [4.78, 5) is 16.7. The molecule has 0 radical (unpaired) electrons. The molecule has 3 N–H and O–H groups in total. The highest BCUT2D eigenvalue weighted by Gasteiger charge is 2.05. The maximum atomic E-state index is 13.0. The van der Waals surface area contributed by atoms with Crippen molar-refractivity contribution < 1.29 is 18.7 Å². The lowest BCUT2D eigenvalue weighted by atomic mass is 10.2. The van der Waals surface area contributed by atoms with Crippen molar-refractivity contribution in [3.05, 3.63) is 59.9 Å². The third kappa shape index (κ3) is 8.91. The first-order valence-electron chi connectivity index (χ1n) is 9.89. The molecule has 0 aliphatic rings. The molecule has 8 heteroatoms. The Morgan fingerprint density at radius 1 is 1.07 bits per heavy atom. The van der Waals surface area contributed by atoms with E-state index in [-0.39, 0.29) is 18.3 Å². The van der Waals surface area contributed by atoms with Crippen molar-refractivity contribution in [1.82, 2.24) is 10.6 Å². The van der Waals surface area contributed by atoms with Crippen LogP contribution in [0.4, 0.5) is 10.1 Å². The summed E-state index contributed by atoms with van der Waals surface area (Å²) in [6.45, 7) is 4.42. The van der Waals surface area contributed by atoms with Gasteiger partial charge in [0.25, 0.3) is 0 Å². The number of amides is 1. The molecule has 0 aromatic heterocycles. The molecule has 0 atom stereocenters. The summed E-state index contributed by atoms with van der Waals surface area (Å²) in [7, 11) is 1.62. The van der Waals surface area contributed by atoms with Crippen LogP contribution in [0, 0.1) is 5.82 Å². The first-order chi connectivity index (χ1) is 14.6. The molecule has 7 nitrogen and oxygen atoms in total. The third-order valence-corrected chi connectivity index (χ3v) is 4.09. The maximum Gasteiger partial charge on any atom is 0.243 e. The molecule has 0 bridgehead atoms. The van der Waals surface area contributed by atoms with Crippen LogP contribution < -0.4 is 20.7 Å². The smallest absolute Gasteiger partial charge is 0.243 e. The maximum absolute atomic E-state index is 13.0. The van der Waals surface area contributed by atoms with Gasteiger partial charge in [-0.25, -0.2) is 9.38 Å². The standard InChI is InChI=1S/C22H29FN4O3/c1-3-30-14-4-13-24-22(25-15-17-5-11-20(29-2)12-6-17)26-16-21(28)27-19-9-7-18(23)8-10-19/h5-12H,3-4,13-16H2,1-2H3,(H,27,28)(H2,24,25,26). The van der Waals surface area contributed by atoms with Crippen LogP contribution in [0.25, 0.3) is 0 Å². The van der Waals surface area contributed by atoms with Crippen LogP contribution in [0.2, 0.25) is 0 Å². The van der Waals surface area contributed by atoms with Gasteiger partial charge in [-0.05, 0) is 55.3 Å². The lowest BCUT2D eigenvalue weighted by molar-refractivity contribution is -0.115. The van der Waals surface area contributed by atoms with Gasteiger partial charge >= 0.3 is 0 Å². The topological polar surface area (TPSA) is 84.0 Å². The number of aliphatic imine (C=N–C) groups is 1. The summed E-state index contributed by atoms with van der Waals surface area (Å²) in [5.41, 5.74) is 1.55. The molecule has 0 heterocycles. The minimum absolute atomic E-state index is 0.0251. The van der Waals surface area contributed by atoms with Crippen molar-refractivity contribution >= 4 is 17.6 Å². The number of guanidine groups is 1. The average Bonchev–Trinajstić information content (AvgIpc) is 2.77. The van der Waals surface area contributed by atoms with E-state index in [1.165, 1.54) is 24.3 Å². The monoisotopic (exact) mass is 416 g/mol. The number of nitrogens with zero attached hydrogens (tertiary/aromatic N) is 1. The van der Waals surface area contributed by atoms with Crippen LogP contribution in [0.5, 0.6) is 5.75 Å². The van der Waals surface area contributed by atoms with Gasteiger partial charge < -0.3 is 25.4 Å². The van der Waals surface area contributed by atoms with Crippen LogP contribution in [0.3, 0.4) is 0 Å². The molecule has 0 saturated heterocycles. The van der Waals surface area contributed by atoms with Gasteiger partial charge in [0, 0.05) is 25.4 Å². The van der Waals surface area contributed by atoms with Gasteiger partial charge in [-0.2, -0.15) is 0 Å². The van der Waals surface area contributed by atoms with Crippen molar-refractivity contribution in [2.75, 3.05) is 38.7 Å². The van der Waals surface area contributed by atoms with Crippen molar-refractivity contribution in [2.24, 2.45) is 4.99 Å². The molecule has 2 aromatic rings. The number of benzene rings is 2. The van der Waals surface area contributed by atoms with Crippen LogP contribution >= 0.6 is 0 Å². The van der Waals surface area contributed by atoms with Gasteiger partial charge in [0.15, 0.2) is 5.96 Å². The van der Waals surface area contributed by atoms with Crippen LogP contribution in [0.15, 0.2) is 53.5 Å². The second kappa shape index (κ2) is 13.2. The van der Waals surface area contributed by atoms with E-state index in [9.17, 15) is 9.18 Å². The number of carbonyl (C=O) groups is 1. The number of halogens is 1. The van der Waals surface area contributed by atoms with Crippen LogP contribution in [-0.4, -0.2) is 45.3 Å². The van der Waals surface area contributed by atoms with E-state index in [1.807, 2.05) is 31.2 Å². The van der Waals surface area contributed by atoms with E-state index < -0.39 is 0 Å². The SMILES string of the molecule is CCOCCCNC(=NCc1ccc(OC)cc1)NCC(=O)Nc1ccc(F)cc1. The number of hydrogen-bond acceptors (Lipinski definition) is 4. The number of ether oxygens (including phenoxy) is 2. The van der Waals surface area contributed by atoms with E-state index in [4.69, 9.17) is 9.47 Å². The van der Waals surface area contributed by atoms with Crippen molar-refractivity contribution in [1.29, 1.82) is 0 Å². The number of rotatable bonds is 11. The van der Waals surface area contributed by atoms with Gasteiger partial charge in [0.2, 0.25) is 5.91 Å². The molecule has 1 amide bonds. The zero-order valence-corrected chi connectivity index (χ0v) is 17.4. The Morgan fingerprint density at radius 2 is 1.80 bits per heavy atom. The fourth-order valence-corrected chi connectivity index (χ4v) is 2.50. The summed E-state index contributed by atoms with van der Waals surface area (Å²) in [5.74, 6) is 0.703. The van der Waals surface area contributed by atoms with E-state index in [0.29, 0.717) is 38.0 Å². The molecule has 2 aromatic carbocycles. The Labute approximate surface area is 176 Å². The lowest BCUT2D eigenvalue weighted by Gasteiger charge is -2.13. The van der Waals surface area contributed by atoms with E-state index in [1.54, 1.807) is 7.11 Å². The molecule has 0 unspecified atom stereocenters. The lowest BCUT2D eigenvalue weighted by Crippen LogP contribution is -2.42. The molecule has 0 spiro atoms. The quantitative estimate of drug-likeness (QED) is 0.298. The van der Waals surface area contributed by atoms with Crippen LogP contribution in [0.1, 0.15) is 18.9 Å². The Kier molecular flexibility index (Phi) is 10.2. The Hall–Kier alpha value is -3.13. The zero-order valence-electron chi connectivity index (χ0n) is 17.4. The van der Waals surface area contributed by atoms with E-state index in [0.717, 1.165) is 17.7 Å². The first-order valence-corrected chi connectivity index (χ1v) is 9.89. The second-order valence-electron chi connectivity index (χ2n) is 6.40. The molecule has 2 rings (SSSR count). The Bertz CT molecular complexity index is 795. The third-order valence-electron chi connectivity index (χ3n) is 4.09. The molecule has 30 heavy (non-hydrogen) atoms. The highest BCUT2D eigenvalue weighted by Crippen LogP contribution is 2.12. The predicted octanol–water partition coefficient (Wildman–Crippen LogP) is 2.93. The first kappa shape index (κ1) is 23.2. The molecule has 0 aliphatic heterocycles. The second-order valence-corrected chi connectivity index (χ2v) is 6.40. The molecule has 0 fully saturated rings. The number of carbonyl (C=O) groups excluding carboxylic acids is 1. The minimum atomic E-state index is -0.352. The number of methoxy groups -OCH3 is 1. The summed E-state index contributed by atoms with van der Waals surface area (Å²) in [5, 5.41) is 8.94.